The second kappa shape index (κ2) is 6.07. The molecule has 3 rings (SSSR count). The third-order valence-electron chi connectivity index (χ3n) is 4.86. The highest BCUT2D eigenvalue weighted by Crippen LogP contribution is 2.29. The van der Waals surface area contributed by atoms with Gasteiger partial charge in [-0.3, -0.25) is 0 Å². The molecule has 1 saturated heterocycles. The monoisotopic (exact) mass is 308 g/mol. The summed E-state index contributed by atoms with van der Waals surface area (Å²) in [7, 11) is -3.32. The normalized spacial score (nSPS) is 20.6. The topological polar surface area (TPSA) is 63.4 Å². The van der Waals surface area contributed by atoms with Crippen LogP contribution in [0.1, 0.15) is 36.8 Å². The smallest absolute Gasteiger partial charge is 0.243 e. The fourth-order valence-corrected chi connectivity index (χ4v) is 5.05. The van der Waals surface area contributed by atoms with Crippen molar-refractivity contribution >= 4 is 10.0 Å². The summed E-state index contributed by atoms with van der Waals surface area (Å²) in [5.41, 5.74) is 8.12. The lowest BCUT2D eigenvalue weighted by Gasteiger charge is -2.31. The molecule has 0 bridgehead atoms. The molecular weight excluding hydrogens is 284 g/mol. The molecule has 1 aliphatic heterocycles. The van der Waals surface area contributed by atoms with Crippen LogP contribution in [-0.4, -0.2) is 32.4 Å². The summed E-state index contributed by atoms with van der Waals surface area (Å²) in [5.74, 6) is 0.585. The molecule has 0 saturated carbocycles. The van der Waals surface area contributed by atoms with Gasteiger partial charge in [-0.05, 0) is 74.2 Å². The molecule has 1 aromatic carbocycles. The molecular formula is C16H24N2O2S. The van der Waals surface area contributed by atoms with E-state index in [2.05, 4.69) is 0 Å². The first kappa shape index (κ1) is 15.0. The minimum atomic E-state index is -3.32. The second-order valence-electron chi connectivity index (χ2n) is 6.21. The van der Waals surface area contributed by atoms with E-state index in [1.807, 2.05) is 12.1 Å². The molecule has 0 aromatic heterocycles. The first-order valence-corrected chi connectivity index (χ1v) is 9.37. The van der Waals surface area contributed by atoms with E-state index in [-0.39, 0.29) is 0 Å². The van der Waals surface area contributed by atoms with Crippen LogP contribution in [-0.2, 0) is 22.9 Å². The van der Waals surface area contributed by atoms with Crippen LogP contribution in [0.15, 0.2) is 23.1 Å². The number of aryl methyl sites for hydroxylation is 2. The summed E-state index contributed by atoms with van der Waals surface area (Å²) in [6, 6.07) is 5.67. The molecule has 1 aliphatic carbocycles. The molecule has 4 nitrogen and oxygen atoms in total. The van der Waals surface area contributed by atoms with Crippen molar-refractivity contribution in [3.63, 3.8) is 0 Å². The van der Waals surface area contributed by atoms with E-state index in [1.54, 1.807) is 10.4 Å². The van der Waals surface area contributed by atoms with Crippen molar-refractivity contribution in [1.82, 2.24) is 4.31 Å². The molecule has 0 unspecified atom stereocenters. The summed E-state index contributed by atoms with van der Waals surface area (Å²) in [6.07, 6.45) is 6.11. The maximum atomic E-state index is 12.8. The number of piperidine rings is 1. The molecule has 1 heterocycles. The van der Waals surface area contributed by atoms with E-state index < -0.39 is 10.0 Å². The van der Waals surface area contributed by atoms with Crippen LogP contribution >= 0.6 is 0 Å². The second-order valence-corrected chi connectivity index (χ2v) is 8.15. The van der Waals surface area contributed by atoms with Crippen molar-refractivity contribution in [2.75, 3.05) is 19.6 Å². The van der Waals surface area contributed by atoms with Gasteiger partial charge in [-0.2, -0.15) is 4.31 Å². The van der Waals surface area contributed by atoms with Crippen LogP contribution in [0.4, 0.5) is 0 Å². The minimum Gasteiger partial charge on any atom is -0.330 e. The number of hydrogen-bond acceptors (Lipinski definition) is 3. The first-order valence-electron chi connectivity index (χ1n) is 7.93. The standard InChI is InChI=1S/C16H24N2O2S/c17-9-6-13-7-10-18(11-8-13)21(19,20)16-5-4-14-2-1-3-15(14)12-16/h4-5,12-13H,1-3,6-11,17H2. The molecule has 0 spiro atoms. The van der Waals surface area contributed by atoms with Crippen molar-refractivity contribution in [3.8, 4) is 0 Å². The maximum absolute atomic E-state index is 12.8. The predicted molar refractivity (Wildman–Crippen MR) is 83.6 cm³/mol. The average Bonchev–Trinajstić information content (AvgIpc) is 2.95. The van der Waals surface area contributed by atoms with Crippen molar-refractivity contribution in [3.05, 3.63) is 29.3 Å². The maximum Gasteiger partial charge on any atom is 0.243 e. The third kappa shape index (κ3) is 3.00. The Kier molecular flexibility index (Phi) is 4.33. The quantitative estimate of drug-likeness (QED) is 0.924. The molecule has 116 valence electrons. The van der Waals surface area contributed by atoms with Gasteiger partial charge in [-0.15, -0.1) is 0 Å². The number of hydrogen-bond donors (Lipinski definition) is 1. The summed E-state index contributed by atoms with van der Waals surface area (Å²) >= 11 is 0. The molecule has 1 fully saturated rings. The molecule has 5 heteroatoms. The Balaban J connectivity index is 1.75. The zero-order valence-electron chi connectivity index (χ0n) is 12.4. The highest BCUT2D eigenvalue weighted by Gasteiger charge is 2.29. The Morgan fingerprint density at radius 1 is 1.14 bits per heavy atom. The summed E-state index contributed by atoms with van der Waals surface area (Å²) in [4.78, 5) is 0.473. The molecule has 0 radical (unpaired) electrons. The summed E-state index contributed by atoms with van der Waals surface area (Å²) < 4.78 is 27.2. The van der Waals surface area contributed by atoms with Crippen LogP contribution in [0.3, 0.4) is 0 Å². The summed E-state index contributed by atoms with van der Waals surface area (Å²) in [6.45, 7) is 1.95. The Labute approximate surface area is 127 Å². The highest BCUT2D eigenvalue weighted by atomic mass is 32.2. The predicted octanol–water partition coefficient (Wildman–Crippen LogP) is 1.92. The van der Waals surface area contributed by atoms with Gasteiger partial charge in [0.1, 0.15) is 0 Å². The van der Waals surface area contributed by atoms with E-state index in [9.17, 15) is 8.42 Å². The van der Waals surface area contributed by atoms with Crippen molar-refractivity contribution in [1.29, 1.82) is 0 Å². The van der Waals surface area contributed by atoms with Gasteiger partial charge in [0, 0.05) is 13.1 Å². The van der Waals surface area contributed by atoms with Gasteiger partial charge in [0.2, 0.25) is 10.0 Å². The molecule has 1 aromatic rings. The van der Waals surface area contributed by atoms with Crippen LogP contribution in [0.2, 0.25) is 0 Å². The van der Waals surface area contributed by atoms with Gasteiger partial charge in [0.05, 0.1) is 4.90 Å². The molecule has 2 aliphatic rings. The lowest BCUT2D eigenvalue weighted by Crippen LogP contribution is -2.38. The van der Waals surface area contributed by atoms with Crippen LogP contribution in [0.5, 0.6) is 0 Å². The Morgan fingerprint density at radius 2 is 1.86 bits per heavy atom. The van der Waals surface area contributed by atoms with Crippen molar-refractivity contribution in [2.45, 2.75) is 43.4 Å². The van der Waals surface area contributed by atoms with Crippen molar-refractivity contribution in [2.24, 2.45) is 11.7 Å². The van der Waals surface area contributed by atoms with Gasteiger partial charge >= 0.3 is 0 Å². The number of benzene rings is 1. The number of fused-ring (bicyclic) bond motifs is 1. The number of nitrogens with two attached hydrogens (primary N) is 1. The summed E-state index contributed by atoms with van der Waals surface area (Å²) in [5, 5.41) is 0. The van der Waals surface area contributed by atoms with E-state index in [1.165, 1.54) is 11.1 Å². The molecule has 0 amide bonds. The van der Waals surface area contributed by atoms with E-state index in [4.69, 9.17) is 5.73 Å². The third-order valence-corrected chi connectivity index (χ3v) is 6.75. The number of sulfonamides is 1. The lowest BCUT2D eigenvalue weighted by atomic mass is 9.95. The highest BCUT2D eigenvalue weighted by molar-refractivity contribution is 7.89. The molecule has 2 N–H and O–H groups in total. The zero-order chi connectivity index (χ0) is 14.9. The van der Waals surface area contributed by atoms with Crippen molar-refractivity contribution < 1.29 is 8.42 Å². The van der Waals surface area contributed by atoms with Gasteiger partial charge in [-0.25, -0.2) is 8.42 Å². The van der Waals surface area contributed by atoms with Crippen LogP contribution in [0.25, 0.3) is 0 Å². The number of nitrogens with zero attached hydrogens (tertiary/aromatic N) is 1. The SMILES string of the molecule is NCCC1CCN(S(=O)(=O)c2ccc3c(c2)CCC3)CC1. The van der Waals surface area contributed by atoms with Gasteiger partial charge < -0.3 is 5.73 Å². The fraction of sp³-hybridized carbons (Fsp3) is 0.625. The zero-order valence-corrected chi connectivity index (χ0v) is 13.2. The van der Waals surface area contributed by atoms with Gasteiger partial charge in [0.15, 0.2) is 0 Å². The minimum absolute atomic E-state index is 0.473. The lowest BCUT2D eigenvalue weighted by molar-refractivity contribution is 0.266. The van der Waals surface area contributed by atoms with E-state index in [0.717, 1.165) is 38.5 Å². The molecule has 0 atom stereocenters. The van der Waals surface area contributed by atoms with Gasteiger partial charge in [0.25, 0.3) is 0 Å². The number of rotatable bonds is 4. The Morgan fingerprint density at radius 3 is 2.57 bits per heavy atom. The van der Waals surface area contributed by atoms with Gasteiger partial charge in [-0.1, -0.05) is 6.07 Å². The molecule has 21 heavy (non-hydrogen) atoms. The average molecular weight is 308 g/mol. The fourth-order valence-electron chi connectivity index (χ4n) is 3.53. The Bertz CT molecular complexity index is 605. The first-order chi connectivity index (χ1) is 10.1. The Hall–Kier alpha value is -0.910. The van der Waals surface area contributed by atoms with E-state index >= 15 is 0 Å². The largest absolute Gasteiger partial charge is 0.330 e. The van der Waals surface area contributed by atoms with E-state index in [0.29, 0.717) is 30.4 Å². The van der Waals surface area contributed by atoms with Crippen LogP contribution < -0.4 is 5.73 Å². The van der Waals surface area contributed by atoms with Crippen LogP contribution in [0, 0.1) is 5.92 Å².